The van der Waals surface area contributed by atoms with Crippen molar-refractivity contribution >= 4 is 34.6 Å². The van der Waals surface area contributed by atoms with Crippen molar-refractivity contribution in [2.75, 3.05) is 16.8 Å². The zero-order valence-electron chi connectivity index (χ0n) is 8.44. The second-order valence-electron chi connectivity index (χ2n) is 3.28. The summed E-state index contributed by atoms with van der Waals surface area (Å²) >= 11 is 6.00. The van der Waals surface area contributed by atoms with E-state index < -0.39 is 0 Å². The molecule has 0 fully saturated rings. The maximum Gasteiger partial charge on any atom is 0.149 e. The number of hydrogen-bond acceptors (Lipinski definition) is 4. The van der Waals surface area contributed by atoms with Crippen molar-refractivity contribution in [1.82, 2.24) is 4.98 Å². The van der Waals surface area contributed by atoms with Crippen LogP contribution in [0.5, 0.6) is 0 Å². The highest BCUT2D eigenvalue weighted by Gasteiger charge is 2.02. The topological polar surface area (TPSA) is 77.0 Å². The van der Waals surface area contributed by atoms with Crippen molar-refractivity contribution in [2.24, 2.45) is 0 Å². The Labute approximate surface area is 98.2 Å². The van der Waals surface area contributed by atoms with Crippen LogP contribution in [0.2, 0.25) is 5.02 Å². The fourth-order valence-corrected chi connectivity index (χ4v) is 1.44. The van der Waals surface area contributed by atoms with Crippen molar-refractivity contribution in [3.63, 3.8) is 0 Å². The van der Waals surface area contributed by atoms with E-state index in [1.807, 2.05) is 18.2 Å². The normalized spacial score (nSPS) is 10.1. The molecule has 0 spiro atoms. The quantitative estimate of drug-likeness (QED) is 0.747. The Kier molecular flexibility index (Phi) is 2.83. The van der Waals surface area contributed by atoms with Gasteiger partial charge in [0.25, 0.3) is 0 Å². The van der Waals surface area contributed by atoms with Gasteiger partial charge in [0, 0.05) is 0 Å². The molecule has 1 aromatic carbocycles. The Morgan fingerprint density at radius 1 is 1.06 bits per heavy atom. The minimum Gasteiger partial charge on any atom is -0.396 e. The third kappa shape index (κ3) is 2.17. The van der Waals surface area contributed by atoms with Gasteiger partial charge in [-0.25, -0.2) is 4.98 Å². The number of rotatable bonds is 2. The van der Waals surface area contributed by atoms with Crippen molar-refractivity contribution in [3.05, 3.63) is 41.4 Å². The lowest BCUT2D eigenvalue weighted by molar-refractivity contribution is 1.32. The SMILES string of the molecule is Nc1ccc(Nc2ccccc2Cl)nc1N. The first-order valence-electron chi connectivity index (χ1n) is 4.70. The number of nitrogens with zero attached hydrogens (tertiary/aromatic N) is 1. The third-order valence-corrected chi connectivity index (χ3v) is 2.42. The number of para-hydroxylation sites is 1. The summed E-state index contributed by atoms with van der Waals surface area (Å²) in [5, 5.41) is 3.69. The van der Waals surface area contributed by atoms with Gasteiger partial charge in [-0.05, 0) is 24.3 Å². The van der Waals surface area contributed by atoms with E-state index in [1.165, 1.54) is 0 Å². The number of anilines is 4. The summed E-state index contributed by atoms with van der Waals surface area (Å²) < 4.78 is 0. The van der Waals surface area contributed by atoms with E-state index in [0.29, 0.717) is 22.3 Å². The average Bonchev–Trinajstić information content (AvgIpc) is 2.27. The lowest BCUT2D eigenvalue weighted by atomic mass is 10.3. The Morgan fingerprint density at radius 2 is 1.81 bits per heavy atom. The minimum absolute atomic E-state index is 0.303. The molecule has 0 atom stereocenters. The van der Waals surface area contributed by atoms with Crippen molar-refractivity contribution in [3.8, 4) is 0 Å². The molecule has 2 aromatic rings. The monoisotopic (exact) mass is 234 g/mol. The second kappa shape index (κ2) is 4.28. The van der Waals surface area contributed by atoms with E-state index >= 15 is 0 Å². The highest BCUT2D eigenvalue weighted by atomic mass is 35.5. The molecule has 82 valence electrons. The molecule has 5 heteroatoms. The lowest BCUT2D eigenvalue weighted by Crippen LogP contribution is -2.01. The molecule has 4 nitrogen and oxygen atoms in total. The van der Waals surface area contributed by atoms with Crippen LogP contribution in [0.1, 0.15) is 0 Å². The van der Waals surface area contributed by atoms with Gasteiger partial charge in [0.15, 0.2) is 0 Å². The molecule has 1 aromatic heterocycles. The zero-order valence-corrected chi connectivity index (χ0v) is 9.20. The van der Waals surface area contributed by atoms with E-state index in [1.54, 1.807) is 18.2 Å². The smallest absolute Gasteiger partial charge is 0.149 e. The van der Waals surface area contributed by atoms with Gasteiger partial charge in [-0.3, -0.25) is 0 Å². The van der Waals surface area contributed by atoms with Crippen LogP contribution in [-0.2, 0) is 0 Å². The van der Waals surface area contributed by atoms with Crippen molar-refractivity contribution < 1.29 is 0 Å². The number of nitrogens with one attached hydrogen (secondary N) is 1. The second-order valence-corrected chi connectivity index (χ2v) is 3.68. The maximum absolute atomic E-state index is 6.00. The summed E-state index contributed by atoms with van der Waals surface area (Å²) in [6, 6.07) is 10.8. The van der Waals surface area contributed by atoms with E-state index in [-0.39, 0.29) is 0 Å². The number of aromatic nitrogens is 1. The number of nitrogen functional groups attached to an aromatic ring is 2. The molecule has 0 unspecified atom stereocenters. The van der Waals surface area contributed by atoms with Crippen molar-refractivity contribution in [1.29, 1.82) is 0 Å². The molecule has 0 saturated heterocycles. The molecule has 0 aliphatic rings. The van der Waals surface area contributed by atoms with Crippen LogP contribution in [0.4, 0.5) is 23.0 Å². The van der Waals surface area contributed by atoms with Crippen LogP contribution in [0.3, 0.4) is 0 Å². The molecule has 0 amide bonds. The van der Waals surface area contributed by atoms with Gasteiger partial charge in [0.2, 0.25) is 0 Å². The number of benzene rings is 1. The predicted octanol–water partition coefficient (Wildman–Crippen LogP) is 2.64. The van der Waals surface area contributed by atoms with Crippen LogP contribution in [-0.4, -0.2) is 4.98 Å². The van der Waals surface area contributed by atoms with Gasteiger partial charge in [-0.2, -0.15) is 0 Å². The molecule has 0 bridgehead atoms. The molecule has 1 heterocycles. The van der Waals surface area contributed by atoms with Gasteiger partial charge in [-0.15, -0.1) is 0 Å². The first-order chi connectivity index (χ1) is 7.66. The standard InChI is InChI=1S/C11H11ClN4/c12-7-3-1-2-4-9(7)15-10-6-5-8(13)11(14)16-10/h1-6H,13H2,(H3,14,15,16). The van der Waals surface area contributed by atoms with Crippen LogP contribution in [0, 0.1) is 0 Å². The lowest BCUT2D eigenvalue weighted by Gasteiger charge is -2.08. The summed E-state index contributed by atoms with van der Waals surface area (Å²) in [7, 11) is 0. The number of pyridine rings is 1. The molecule has 0 aliphatic heterocycles. The first-order valence-corrected chi connectivity index (χ1v) is 5.08. The van der Waals surface area contributed by atoms with Crippen LogP contribution < -0.4 is 16.8 Å². The molecule has 0 aliphatic carbocycles. The van der Waals surface area contributed by atoms with Crippen LogP contribution in [0.25, 0.3) is 0 Å². The highest BCUT2D eigenvalue weighted by molar-refractivity contribution is 6.33. The van der Waals surface area contributed by atoms with Crippen LogP contribution in [0.15, 0.2) is 36.4 Å². The fraction of sp³-hybridized carbons (Fsp3) is 0. The first kappa shape index (κ1) is 10.6. The summed E-state index contributed by atoms with van der Waals surface area (Å²) in [6.07, 6.45) is 0. The van der Waals surface area contributed by atoms with Crippen molar-refractivity contribution in [2.45, 2.75) is 0 Å². The summed E-state index contributed by atoms with van der Waals surface area (Å²) in [5.41, 5.74) is 12.4. The Bertz CT molecular complexity index is 513. The minimum atomic E-state index is 0.303. The molecule has 16 heavy (non-hydrogen) atoms. The summed E-state index contributed by atoms with van der Waals surface area (Å²) in [4.78, 5) is 4.09. The molecule has 0 saturated carbocycles. The average molecular weight is 235 g/mol. The van der Waals surface area contributed by atoms with Gasteiger partial charge in [0.05, 0.1) is 16.4 Å². The number of halogens is 1. The molecular weight excluding hydrogens is 224 g/mol. The van der Waals surface area contributed by atoms with E-state index in [2.05, 4.69) is 10.3 Å². The van der Waals surface area contributed by atoms with Gasteiger partial charge in [0.1, 0.15) is 11.6 Å². The largest absolute Gasteiger partial charge is 0.396 e. The summed E-state index contributed by atoms with van der Waals surface area (Å²) in [6.45, 7) is 0. The Morgan fingerprint density at radius 3 is 2.50 bits per heavy atom. The Balaban J connectivity index is 2.28. The zero-order chi connectivity index (χ0) is 11.5. The Hall–Kier alpha value is -1.94. The molecule has 5 N–H and O–H groups in total. The fourth-order valence-electron chi connectivity index (χ4n) is 1.26. The number of hydrogen-bond donors (Lipinski definition) is 3. The third-order valence-electron chi connectivity index (χ3n) is 2.09. The summed E-state index contributed by atoms with van der Waals surface area (Å²) in [5.74, 6) is 0.914. The van der Waals surface area contributed by atoms with Crippen LogP contribution >= 0.6 is 11.6 Å². The van der Waals surface area contributed by atoms with Gasteiger partial charge >= 0.3 is 0 Å². The number of nitrogens with two attached hydrogens (primary N) is 2. The van der Waals surface area contributed by atoms with E-state index in [4.69, 9.17) is 23.1 Å². The van der Waals surface area contributed by atoms with E-state index in [9.17, 15) is 0 Å². The van der Waals surface area contributed by atoms with E-state index in [0.717, 1.165) is 5.69 Å². The van der Waals surface area contributed by atoms with Gasteiger partial charge in [-0.1, -0.05) is 23.7 Å². The predicted molar refractivity (Wildman–Crippen MR) is 67.8 cm³/mol. The maximum atomic E-state index is 6.00. The molecular formula is C11H11ClN4. The van der Waals surface area contributed by atoms with Gasteiger partial charge < -0.3 is 16.8 Å². The highest BCUT2D eigenvalue weighted by Crippen LogP contribution is 2.25. The molecule has 0 radical (unpaired) electrons. The molecule has 2 rings (SSSR count).